The molecule has 3 aromatic rings. The third-order valence-electron chi connectivity index (χ3n) is 5.36. The maximum absolute atomic E-state index is 13.0. The van der Waals surface area contributed by atoms with Crippen LogP contribution in [-0.2, 0) is 18.2 Å². The van der Waals surface area contributed by atoms with Crippen LogP contribution in [0.1, 0.15) is 34.6 Å². The summed E-state index contributed by atoms with van der Waals surface area (Å²) in [5.41, 5.74) is 5.22. The fraction of sp³-hybridized carbons (Fsp3) is 0.304. The number of aromatic nitrogens is 2. The number of carbonyl (C=O) groups excluding carboxylic acids is 1. The van der Waals surface area contributed by atoms with E-state index >= 15 is 0 Å². The topological polar surface area (TPSA) is 47.4 Å². The van der Waals surface area contributed by atoms with Crippen molar-refractivity contribution < 1.29 is 9.53 Å². The van der Waals surface area contributed by atoms with Gasteiger partial charge < -0.3 is 9.64 Å². The van der Waals surface area contributed by atoms with Gasteiger partial charge in [-0.05, 0) is 29.7 Å². The molecule has 0 aliphatic carbocycles. The number of benzene rings is 2. The molecule has 1 saturated heterocycles. The summed E-state index contributed by atoms with van der Waals surface area (Å²) in [7, 11) is 1.96. The Morgan fingerprint density at radius 3 is 2.61 bits per heavy atom. The van der Waals surface area contributed by atoms with Crippen molar-refractivity contribution in [1.29, 1.82) is 0 Å². The molecule has 1 atom stereocenters. The van der Waals surface area contributed by atoms with Crippen molar-refractivity contribution in [3.05, 3.63) is 77.6 Å². The minimum atomic E-state index is -0.0688. The number of amides is 1. The zero-order valence-corrected chi connectivity index (χ0v) is 16.3. The predicted octanol–water partition coefficient (Wildman–Crippen LogP) is 3.86. The van der Waals surface area contributed by atoms with Crippen LogP contribution in [0.3, 0.4) is 0 Å². The first-order chi connectivity index (χ1) is 13.7. The van der Waals surface area contributed by atoms with Crippen LogP contribution in [0.5, 0.6) is 0 Å². The smallest absolute Gasteiger partial charge is 0.254 e. The summed E-state index contributed by atoms with van der Waals surface area (Å²) in [6.45, 7) is 3.87. The van der Waals surface area contributed by atoms with E-state index in [4.69, 9.17) is 4.74 Å². The summed E-state index contributed by atoms with van der Waals surface area (Å²) in [5.74, 6) is 0.0534. The molecule has 2 aromatic carbocycles. The Morgan fingerprint density at radius 1 is 1.14 bits per heavy atom. The van der Waals surface area contributed by atoms with Crippen LogP contribution in [0.25, 0.3) is 11.1 Å². The van der Waals surface area contributed by atoms with Gasteiger partial charge in [-0.1, -0.05) is 49.4 Å². The van der Waals surface area contributed by atoms with Crippen LogP contribution in [0.15, 0.2) is 60.8 Å². The van der Waals surface area contributed by atoms with Gasteiger partial charge in [-0.2, -0.15) is 5.10 Å². The molecule has 0 N–H and O–H groups in total. The van der Waals surface area contributed by atoms with E-state index in [-0.39, 0.29) is 12.0 Å². The van der Waals surface area contributed by atoms with Crippen LogP contribution in [0.2, 0.25) is 0 Å². The maximum atomic E-state index is 13.0. The third kappa shape index (κ3) is 3.58. The first-order valence-electron chi connectivity index (χ1n) is 9.74. The fourth-order valence-electron chi connectivity index (χ4n) is 3.80. The van der Waals surface area contributed by atoms with Crippen molar-refractivity contribution in [2.75, 3.05) is 19.7 Å². The number of morpholine rings is 1. The molecule has 0 saturated carbocycles. The van der Waals surface area contributed by atoms with E-state index in [0.717, 1.165) is 23.1 Å². The van der Waals surface area contributed by atoms with Crippen molar-refractivity contribution in [3.8, 4) is 11.1 Å². The van der Waals surface area contributed by atoms with Gasteiger partial charge in [0, 0.05) is 30.4 Å². The summed E-state index contributed by atoms with van der Waals surface area (Å²) in [5, 5.41) is 4.36. The lowest BCUT2D eigenvalue weighted by Crippen LogP contribution is -2.42. The molecule has 5 heteroatoms. The third-order valence-corrected chi connectivity index (χ3v) is 5.36. The standard InChI is InChI=1S/C23H25N3O2/c1-3-21-20(15-24-25(21)2)17-9-11-19(12-10-17)23(27)26-13-14-28-22(16-26)18-7-5-4-6-8-18/h4-12,15,22H,3,13-14,16H2,1-2H3. The van der Waals surface area contributed by atoms with E-state index in [9.17, 15) is 4.79 Å². The van der Waals surface area contributed by atoms with Gasteiger partial charge >= 0.3 is 0 Å². The summed E-state index contributed by atoms with van der Waals surface area (Å²) in [4.78, 5) is 14.9. The highest BCUT2D eigenvalue weighted by Crippen LogP contribution is 2.26. The number of aryl methyl sites for hydroxylation is 1. The molecular formula is C23H25N3O2. The highest BCUT2D eigenvalue weighted by molar-refractivity contribution is 5.94. The number of nitrogens with zero attached hydrogens (tertiary/aromatic N) is 3. The second kappa shape index (κ2) is 7.98. The first kappa shape index (κ1) is 18.4. The molecule has 0 bridgehead atoms. The molecule has 0 radical (unpaired) electrons. The predicted molar refractivity (Wildman–Crippen MR) is 109 cm³/mol. The number of hydrogen-bond acceptors (Lipinski definition) is 3. The molecule has 1 fully saturated rings. The van der Waals surface area contributed by atoms with Crippen LogP contribution in [0, 0.1) is 0 Å². The Labute approximate surface area is 165 Å². The second-order valence-electron chi connectivity index (χ2n) is 7.08. The monoisotopic (exact) mass is 375 g/mol. The van der Waals surface area contributed by atoms with E-state index < -0.39 is 0 Å². The highest BCUT2D eigenvalue weighted by atomic mass is 16.5. The average Bonchev–Trinajstić information content (AvgIpc) is 3.14. The van der Waals surface area contributed by atoms with Crippen LogP contribution in [-0.4, -0.2) is 40.3 Å². The second-order valence-corrected chi connectivity index (χ2v) is 7.08. The molecule has 1 unspecified atom stereocenters. The Morgan fingerprint density at radius 2 is 1.89 bits per heavy atom. The Kier molecular flexibility index (Phi) is 5.26. The van der Waals surface area contributed by atoms with Crippen molar-refractivity contribution >= 4 is 5.91 Å². The maximum Gasteiger partial charge on any atom is 0.254 e. The lowest BCUT2D eigenvalue weighted by Gasteiger charge is -2.33. The zero-order valence-electron chi connectivity index (χ0n) is 16.3. The molecule has 4 rings (SSSR count). The lowest BCUT2D eigenvalue weighted by atomic mass is 10.0. The van der Waals surface area contributed by atoms with Gasteiger partial charge in [0.2, 0.25) is 0 Å². The normalized spacial score (nSPS) is 16.9. The van der Waals surface area contributed by atoms with Crippen molar-refractivity contribution in [2.24, 2.45) is 7.05 Å². The number of hydrogen-bond donors (Lipinski definition) is 0. The minimum Gasteiger partial charge on any atom is -0.370 e. The number of rotatable bonds is 4. The van der Waals surface area contributed by atoms with E-state index in [0.29, 0.717) is 25.3 Å². The molecule has 1 aromatic heterocycles. The number of ether oxygens (including phenoxy) is 1. The zero-order chi connectivity index (χ0) is 19.5. The summed E-state index contributed by atoms with van der Waals surface area (Å²) in [6.07, 6.45) is 2.74. The molecule has 28 heavy (non-hydrogen) atoms. The molecule has 5 nitrogen and oxygen atoms in total. The average molecular weight is 375 g/mol. The van der Waals surface area contributed by atoms with Gasteiger partial charge in [0.15, 0.2) is 0 Å². The lowest BCUT2D eigenvalue weighted by molar-refractivity contribution is -0.0228. The van der Waals surface area contributed by atoms with Gasteiger partial charge in [0.25, 0.3) is 5.91 Å². The largest absolute Gasteiger partial charge is 0.370 e. The molecule has 2 heterocycles. The Bertz CT molecular complexity index is 948. The summed E-state index contributed by atoms with van der Waals surface area (Å²) in [6, 6.07) is 17.9. The van der Waals surface area contributed by atoms with Gasteiger partial charge in [0.1, 0.15) is 6.10 Å². The van der Waals surface area contributed by atoms with E-state index in [1.807, 2.05) is 77.4 Å². The molecular weight excluding hydrogens is 350 g/mol. The number of carbonyl (C=O) groups is 1. The van der Waals surface area contributed by atoms with E-state index in [1.54, 1.807) is 0 Å². The van der Waals surface area contributed by atoms with Gasteiger partial charge in [-0.15, -0.1) is 0 Å². The Hall–Kier alpha value is -2.92. The van der Waals surface area contributed by atoms with Crippen LogP contribution < -0.4 is 0 Å². The van der Waals surface area contributed by atoms with Gasteiger partial charge in [-0.25, -0.2) is 0 Å². The van der Waals surface area contributed by atoms with Gasteiger partial charge in [-0.3, -0.25) is 9.48 Å². The molecule has 1 aliphatic rings. The first-order valence-corrected chi connectivity index (χ1v) is 9.74. The van der Waals surface area contributed by atoms with E-state index in [1.165, 1.54) is 5.69 Å². The highest BCUT2D eigenvalue weighted by Gasteiger charge is 2.26. The minimum absolute atomic E-state index is 0.0534. The summed E-state index contributed by atoms with van der Waals surface area (Å²) < 4.78 is 7.79. The molecule has 0 spiro atoms. The van der Waals surface area contributed by atoms with Gasteiger partial charge in [0.05, 0.1) is 19.3 Å². The van der Waals surface area contributed by atoms with E-state index in [2.05, 4.69) is 12.0 Å². The van der Waals surface area contributed by atoms with Crippen molar-refractivity contribution in [2.45, 2.75) is 19.4 Å². The summed E-state index contributed by atoms with van der Waals surface area (Å²) >= 11 is 0. The molecule has 1 amide bonds. The fourth-order valence-corrected chi connectivity index (χ4v) is 3.80. The van der Waals surface area contributed by atoms with Crippen LogP contribution >= 0.6 is 0 Å². The van der Waals surface area contributed by atoms with Crippen molar-refractivity contribution in [3.63, 3.8) is 0 Å². The molecule has 1 aliphatic heterocycles. The van der Waals surface area contributed by atoms with Crippen molar-refractivity contribution in [1.82, 2.24) is 14.7 Å². The quantitative estimate of drug-likeness (QED) is 0.696. The SMILES string of the molecule is CCc1c(-c2ccc(C(=O)N3CCOC(c4ccccc4)C3)cc2)cnn1C. The molecule has 144 valence electrons. The van der Waals surface area contributed by atoms with Crippen LogP contribution in [0.4, 0.5) is 0 Å². The Balaban J connectivity index is 1.50.